The SMILES string of the molecule is CCCCCCCCCCCCNC(=O)C(CCCNC(=N)N[N+](=O)[O-])NC(=O)OC(C)(C)C. The van der Waals surface area contributed by atoms with Gasteiger partial charge in [-0.15, -0.1) is 0 Å². The number of hydrogen-bond acceptors (Lipinski definition) is 6. The van der Waals surface area contributed by atoms with Crippen LogP contribution in [0.1, 0.15) is 105 Å². The molecule has 1 unspecified atom stereocenters. The molecule has 0 heterocycles. The van der Waals surface area contributed by atoms with Gasteiger partial charge in [0.1, 0.15) is 11.6 Å². The fourth-order valence-corrected chi connectivity index (χ4v) is 3.32. The molecular weight excluding hydrogens is 440 g/mol. The van der Waals surface area contributed by atoms with Crippen molar-refractivity contribution in [3.05, 3.63) is 10.1 Å². The summed E-state index contributed by atoms with van der Waals surface area (Å²) in [6.45, 7) is 8.22. The van der Waals surface area contributed by atoms with Crippen molar-refractivity contribution < 1.29 is 19.4 Å². The van der Waals surface area contributed by atoms with E-state index >= 15 is 0 Å². The van der Waals surface area contributed by atoms with E-state index in [2.05, 4.69) is 22.9 Å². The summed E-state index contributed by atoms with van der Waals surface area (Å²) in [5.74, 6) is -0.729. The van der Waals surface area contributed by atoms with Gasteiger partial charge in [0.15, 0.2) is 5.03 Å². The molecule has 0 aromatic rings. The number of hydrazine groups is 1. The average molecular weight is 487 g/mol. The van der Waals surface area contributed by atoms with Crippen LogP contribution in [-0.4, -0.2) is 47.7 Å². The number of unbranched alkanes of at least 4 members (excludes halogenated alkanes) is 9. The molecule has 1 atom stereocenters. The van der Waals surface area contributed by atoms with Gasteiger partial charge in [-0.25, -0.2) is 14.9 Å². The van der Waals surface area contributed by atoms with Gasteiger partial charge >= 0.3 is 6.09 Å². The smallest absolute Gasteiger partial charge is 0.408 e. The van der Waals surface area contributed by atoms with Gasteiger partial charge in [-0.05, 0) is 40.0 Å². The summed E-state index contributed by atoms with van der Waals surface area (Å²) < 4.78 is 5.25. The van der Waals surface area contributed by atoms with Crippen molar-refractivity contribution in [2.24, 2.45) is 0 Å². The Morgan fingerprint density at radius 3 is 1.97 bits per heavy atom. The minimum absolute atomic E-state index is 0.234. The Morgan fingerprint density at radius 2 is 1.44 bits per heavy atom. The third-order valence-corrected chi connectivity index (χ3v) is 5.01. The molecule has 0 bridgehead atoms. The summed E-state index contributed by atoms with van der Waals surface area (Å²) in [6, 6.07) is -0.794. The standard InChI is InChI=1S/C23H46N6O5/c1-5-6-7-8-9-10-11-12-13-14-17-25-20(30)19(27-22(31)34-23(2,3)4)16-15-18-26-21(24)28-29(32)33/h19H,5-18H2,1-4H3,(H,25,30)(H,27,31)(H3,24,26,28). The Morgan fingerprint density at radius 1 is 0.912 bits per heavy atom. The van der Waals surface area contributed by atoms with Gasteiger partial charge in [0.05, 0.1) is 0 Å². The van der Waals surface area contributed by atoms with Crippen molar-refractivity contribution in [1.82, 2.24) is 21.4 Å². The minimum Gasteiger partial charge on any atom is -0.444 e. The number of carbonyl (C=O) groups excluding carboxylic acids is 2. The van der Waals surface area contributed by atoms with E-state index in [0.29, 0.717) is 19.4 Å². The zero-order valence-electron chi connectivity index (χ0n) is 21.5. The zero-order valence-corrected chi connectivity index (χ0v) is 21.5. The first-order valence-electron chi connectivity index (χ1n) is 12.6. The Bertz CT molecular complexity index is 609. The lowest BCUT2D eigenvalue weighted by Crippen LogP contribution is -2.48. The van der Waals surface area contributed by atoms with Crippen LogP contribution in [0.2, 0.25) is 0 Å². The fourth-order valence-electron chi connectivity index (χ4n) is 3.32. The molecule has 0 aromatic heterocycles. The maximum atomic E-state index is 12.6. The van der Waals surface area contributed by atoms with Crippen LogP contribution in [0.3, 0.4) is 0 Å². The molecule has 2 amide bonds. The quantitative estimate of drug-likeness (QED) is 0.0643. The second-order valence-corrected chi connectivity index (χ2v) is 9.48. The van der Waals surface area contributed by atoms with Crippen LogP contribution in [0.25, 0.3) is 0 Å². The van der Waals surface area contributed by atoms with E-state index in [-0.39, 0.29) is 12.5 Å². The van der Waals surface area contributed by atoms with Crippen molar-refractivity contribution in [3.63, 3.8) is 0 Å². The highest BCUT2D eigenvalue weighted by molar-refractivity contribution is 5.85. The number of nitrogens with one attached hydrogen (secondary N) is 5. The van der Waals surface area contributed by atoms with E-state index in [1.807, 2.05) is 0 Å². The van der Waals surface area contributed by atoms with Crippen molar-refractivity contribution >= 4 is 18.0 Å². The van der Waals surface area contributed by atoms with E-state index in [1.54, 1.807) is 26.2 Å². The highest BCUT2D eigenvalue weighted by Crippen LogP contribution is 2.10. The molecule has 0 rings (SSSR count). The van der Waals surface area contributed by atoms with Crippen molar-refractivity contribution in [3.8, 4) is 0 Å². The maximum absolute atomic E-state index is 12.6. The molecule has 0 aliphatic heterocycles. The summed E-state index contributed by atoms with van der Waals surface area (Å²) in [5, 5.41) is 24.9. The largest absolute Gasteiger partial charge is 0.444 e. The van der Waals surface area contributed by atoms with Crippen LogP contribution in [-0.2, 0) is 9.53 Å². The number of ether oxygens (including phenoxy) is 1. The highest BCUT2D eigenvalue weighted by Gasteiger charge is 2.24. The van der Waals surface area contributed by atoms with Gasteiger partial charge in [-0.1, -0.05) is 70.1 Å². The van der Waals surface area contributed by atoms with E-state index in [9.17, 15) is 19.7 Å². The lowest BCUT2D eigenvalue weighted by atomic mass is 10.1. The first-order valence-corrected chi connectivity index (χ1v) is 12.6. The van der Waals surface area contributed by atoms with Crippen LogP contribution >= 0.6 is 0 Å². The highest BCUT2D eigenvalue weighted by atomic mass is 16.7. The molecule has 11 heteroatoms. The van der Waals surface area contributed by atoms with Crippen molar-refractivity contribution in [1.29, 1.82) is 5.41 Å². The molecule has 0 saturated carbocycles. The lowest BCUT2D eigenvalue weighted by Gasteiger charge is -2.23. The first-order chi connectivity index (χ1) is 16.0. The monoisotopic (exact) mass is 486 g/mol. The van der Waals surface area contributed by atoms with E-state index in [4.69, 9.17) is 10.1 Å². The Kier molecular flexibility index (Phi) is 17.4. The van der Waals surface area contributed by atoms with Crippen LogP contribution in [0.5, 0.6) is 0 Å². The number of nitrogens with zero attached hydrogens (tertiary/aromatic N) is 1. The van der Waals surface area contributed by atoms with Crippen LogP contribution in [0.4, 0.5) is 4.79 Å². The molecule has 0 radical (unpaired) electrons. The summed E-state index contributed by atoms with van der Waals surface area (Å²) in [6.07, 6.45) is 12.1. The topological polar surface area (TPSA) is 158 Å². The first kappa shape index (κ1) is 31.4. The predicted octanol–water partition coefficient (Wildman–Crippen LogP) is 4.00. The average Bonchev–Trinajstić information content (AvgIpc) is 2.72. The fraction of sp³-hybridized carbons (Fsp3) is 0.870. The van der Waals surface area contributed by atoms with Gasteiger partial charge < -0.3 is 20.7 Å². The number of rotatable bonds is 18. The van der Waals surface area contributed by atoms with Gasteiger partial charge in [0.25, 0.3) is 5.96 Å². The molecule has 0 saturated heterocycles. The number of hydrogen-bond donors (Lipinski definition) is 5. The third-order valence-electron chi connectivity index (χ3n) is 5.01. The molecule has 34 heavy (non-hydrogen) atoms. The van der Waals surface area contributed by atoms with Gasteiger partial charge in [0, 0.05) is 13.1 Å². The Hall–Kier alpha value is -2.59. The van der Waals surface area contributed by atoms with Crippen molar-refractivity contribution in [2.75, 3.05) is 13.1 Å². The number of carbonyl (C=O) groups is 2. The second-order valence-electron chi connectivity index (χ2n) is 9.48. The third kappa shape index (κ3) is 20.0. The summed E-state index contributed by atoms with van der Waals surface area (Å²) >= 11 is 0. The van der Waals surface area contributed by atoms with E-state index < -0.39 is 28.7 Å². The number of amides is 2. The molecule has 11 nitrogen and oxygen atoms in total. The van der Waals surface area contributed by atoms with Crippen LogP contribution in [0, 0.1) is 15.5 Å². The molecule has 5 N–H and O–H groups in total. The second kappa shape index (κ2) is 18.8. The predicted molar refractivity (Wildman–Crippen MR) is 133 cm³/mol. The Labute approximate surface area is 204 Å². The minimum atomic E-state index is -0.830. The molecule has 0 aliphatic carbocycles. The summed E-state index contributed by atoms with van der Waals surface area (Å²) in [5.41, 5.74) is 1.01. The molecule has 0 aliphatic rings. The summed E-state index contributed by atoms with van der Waals surface area (Å²) in [4.78, 5) is 35.1. The molecular formula is C23H46N6O5. The van der Waals surface area contributed by atoms with E-state index in [1.165, 1.54) is 44.9 Å². The normalized spacial score (nSPS) is 11.9. The maximum Gasteiger partial charge on any atom is 0.408 e. The molecule has 0 aromatic carbocycles. The molecule has 0 spiro atoms. The van der Waals surface area contributed by atoms with Gasteiger partial charge in [0.2, 0.25) is 5.91 Å². The number of guanidine groups is 1. The molecule has 198 valence electrons. The van der Waals surface area contributed by atoms with Crippen LogP contribution < -0.4 is 21.4 Å². The zero-order chi connectivity index (χ0) is 25.8. The van der Waals surface area contributed by atoms with E-state index in [0.717, 1.165) is 19.3 Å². The van der Waals surface area contributed by atoms with Crippen LogP contribution in [0.15, 0.2) is 0 Å². The Balaban J connectivity index is 4.30. The van der Waals surface area contributed by atoms with Gasteiger partial charge in [-0.3, -0.25) is 10.2 Å². The van der Waals surface area contributed by atoms with Gasteiger partial charge in [-0.2, -0.15) is 0 Å². The summed E-state index contributed by atoms with van der Waals surface area (Å²) in [7, 11) is 0. The number of alkyl carbamates (subject to hydrolysis) is 1. The molecule has 0 fully saturated rings. The van der Waals surface area contributed by atoms with Crippen molar-refractivity contribution in [2.45, 2.75) is 116 Å². The lowest BCUT2D eigenvalue weighted by molar-refractivity contribution is -0.525. The number of nitro groups is 1.